The molecule has 0 fully saturated rings. The molecule has 0 atom stereocenters. The van der Waals surface area contributed by atoms with Gasteiger partial charge in [0.25, 0.3) is 0 Å². The maximum atomic E-state index is 13.1. The quantitative estimate of drug-likeness (QED) is 0.821. The Kier molecular flexibility index (Phi) is 4.88. The van der Waals surface area contributed by atoms with E-state index in [1.807, 2.05) is 0 Å². The summed E-state index contributed by atoms with van der Waals surface area (Å²) in [5.74, 6) is -1.93. The third-order valence-electron chi connectivity index (χ3n) is 2.74. The van der Waals surface area contributed by atoms with E-state index in [2.05, 4.69) is 0 Å². The fourth-order valence-corrected chi connectivity index (χ4v) is 3.07. The molecule has 0 aliphatic carbocycles. The Balaban J connectivity index is 3.05. The van der Waals surface area contributed by atoms with Crippen molar-refractivity contribution >= 4 is 21.4 Å². The number of hydrogen-bond acceptors (Lipinski definition) is 4. The highest BCUT2D eigenvalue weighted by molar-refractivity contribution is 7.92. The Labute approximate surface area is 112 Å². The molecule has 19 heavy (non-hydrogen) atoms. The van der Waals surface area contributed by atoms with E-state index in [1.165, 1.54) is 11.0 Å². The van der Waals surface area contributed by atoms with Crippen molar-refractivity contribution < 1.29 is 17.6 Å². The van der Waals surface area contributed by atoms with Crippen molar-refractivity contribution in [3.05, 3.63) is 24.0 Å². The van der Waals surface area contributed by atoms with E-state index in [9.17, 15) is 17.6 Å². The maximum Gasteiger partial charge on any atom is 0.238 e. The average Bonchev–Trinajstić information content (AvgIpc) is 2.33. The molecule has 0 aliphatic rings. The van der Waals surface area contributed by atoms with E-state index >= 15 is 0 Å². The molecule has 0 spiro atoms. The fourth-order valence-electron chi connectivity index (χ4n) is 1.69. The van der Waals surface area contributed by atoms with Crippen molar-refractivity contribution in [2.75, 3.05) is 24.6 Å². The lowest BCUT2D eigenvalue weighted by Crippen LogP contribution is -2.35. The number of anilines is 1. The van der Waals surface area contributed by atoms with E-state index in [0.29, 0.717) is 13.1 Å². The Morgan fingerprint density at radius 3 is 2.42 bits per heavy atom. The van der Waals surface area contributed by atoms with Crippen molar-refractivity contribution in [3.8, 4) is 0 Å². The molecule has 0 saturated carbocycles. The van der Waals surface area contributed by atoms with Crippen LogP contribution in [0, 0.1) is 5.82 Å². The third-order valence-corrected chi connectivity index (χ3v) is 4.39. The van der Waals surface area contributed by atoms with Gasteiger partial charge in [-0.05, 0) is 32.0 Å². The minimum Gasteiger partial charge on any atom is -0.398 e. The average molecular weight is 288 g/mol. The highest BCUT2D eigenvalue weighted by Gasteiger charge is 2.24. The van der Waals surface area contributed by atoms with Gasteiger partial charge in [-0.2, -0.15) is 0 Å². The fraction of sp³-hybridized carbons (Fsp3) is 0.417. The van der Waals surface area contributed by atoms with Crippen LogP contribution in [0.15, 0.2) is 23.1 Å². The van der Waals surface area contributed by atoms with Gasteiger partial charge in [-0.1, -0.05) is 0 Å². The Morgan fingerprint density at radius 1 is 1.32 bits per heavy atom. The smallest absolute Gasteiger partial charge is 0.238 e. The molecule has 0 unspecified atom stereocenters. The maximum absolute atomic E-state index is 13.1. The van der Waals surface area contributed by atoms with Gasteiger partial charge in [0.1, 0.15) is 11.6 Å². The van der Waals surface area contributed by atoms with Gasteiger partial charge >= 0.3 is 0 Å². The van der Waals surface area contributed by atoms with Crippen molar-refractivity contribution in [3.63, 3.8) is 0 Å². The molecular weight excluding hydrogens is 271 g/mol. The van der Waals surface area contributed by atoms with E-state index < -0.39 is 27.3 Å². The van der Waals surface area contributed by atoms with Crippen molar-refractivity contribution in [1.82, 2.24) is 4.90 Å². The number of amides is 1. The number of benzene rings is 1. The first-order chi connectivity index (χ1) is 8.81. The normalized spacial score (nSPS) is 11.3. The highest BCUT2D eigenvalue weighted by Crippen LogP contribution is 2.21. The lowest BCUT2D eigenvalue weighted by molar-refractivity contribution is -0.128. The summed E-state index contributed by atoms with van der Waals surface area (Å²) in [6, 6.07) is 3.07. The minimum absolute atomic E-state index is 0.0613. The summed E-state index contributed by atoms with van der Waals surface area (Å²) in [7, 11) is -3.93. The largest absolute Gasteiger partial charge is 0.398 e. The second-order valence-electron chi connectivity index (χ2n) is 4.01. The summed E-state index contributed by atoms with van der Waals surface area (Å²) in [6.07, 6.45) is 0. The molecule has 0 saturated heterocycles. The van der Waals surface area contributed by atoms with Gasteiger partial charge in [-0.25, -0.2) is 12.8 Å². The molecule has 0 heterocycles. The molecule has 0 radical (unpaired) electrons. The Bertz CT molecular complexity index is 568. The predicted octanol–water partition coefficient (Wildman–Crippen LogP) is 1.05. The first-order valence-corrected chi connectivity index (χ1v) is 7.52. The summed E-state index contributed by atoms with van der Waals surface area (Å²) in [5.41, 5.74) is 5.46. The molecule has 0 aliphatic heterocycles. The van der Waals surface area contributed by atoms with Crippen LogP contribution in [-0.2, 0) is 14.6 Å². The number of carbonyl (C=O) groups excluding carboxylic acids is 1. The lowest BCUT2D eigenvalue weighted by Gasteiger charge is -2.18. The zero-order valence-corrected chi connectivity index (χ0v) is 11.7. The van der Waals surface area contributed by atoms with Gasteiger partial charge < -0.3 is 10.6 Å². The molecule has 1 aromatic carbocycles. The number of nitrogens with zero attached hydrogens (tertiary/aromatic N) is 1. The number of halogens is 1. The summed E-state index contributed by atoms with van der Waals surface area (Å²) >= 11 is 0. The molecule has 7 heteroatoms. The van der Waals surface area contributed by atoms with Crippen LogP contribution < -0.4 is 5.73 Å². The van der Waals surface area contributed by atoms with Crippen LogP contribution in [0.3, 0.4) is 0 Å². The molecule has 0 bridgehead atoms. The first-order valence-electron chi connectivity index (χ1n) is 5.87. The van der Waals surface area contributed by atoms with Crippen molar-refractivity contribution in [1.29, 1.82) is 0 Å². The van der Waals surface area contributed by atoms with Crippen molar-refractivity contribution in [2.45, 2.75) is 18.7 Å². The lowest BCUT2D eigenvalue weighted by atomic mass is 10.3. The number of hydrogen-bond donors (Lipinski definition) is 1. The predicted molar refractivity (Wildman–Crippen MR) is 70.8 cm³/mol. The number of nitrogens with two attached hydrogens (primary N) is 1. The molecular formula is C12H17FN2O3S. The second-order valence-corrected chi connectivity index (χ2v) is 5.97. The van der Waals surface area contributed by atoms with Gasteiger partial charge in [0.05, 0.1) is 10.6 Å². The SMILES string of the molecule is CCN(CC)C(=O)CS(=O)(=O)c1cc(F)ccc1N. The van der Waals surface area contributed by atoms with Gasteiger partial charge in [0.15, 0.2) is 9.84 Å². The van der Waals surface area contributed by atoms with E-state index in [-0.39, 0.29) is 10.6 Å². The summed E-state index contributed by atoms with van der Waals surface area (Å²) < 4.78 is 37.2. The summed E-state index contributed by atoms with van der Waals surface area (Å²) in [5, 5.41) is 0. The molecule has 0 aromatic heterocycles. The number of rotatable bonds is 5. The van der Waals surface area contributed by atoms with Crippen LogP contribution in [0.5, 0.6) is 0 Å². The van der Waals surface area contributed by atoms with Crippen LogP contribution >= 0.6 is 0 Å². The first kappa shape index (κ1) is 15.4. The van der Waals surface area contributed by atoms with Crippen LogP contribution in [0.4, 0.5) is 10.1 Å². The van der Waals surface area contributed by atoms with E-state index in [4.69, 9.17) is 5.73 Å². The molecule has 2 N–H and O–H groups in total. The monoisotopic (exact) mass is 288 g/mol. The number of carbonyl (C=O) groups is 1. The highest BCUT2D eigenvalue weighted by atomic mass is 32.2. The van der Waals surface area contributed by atoms with Crippen LogP contribution in [-0.4, -0.2) is 38.1 Å². The van der Waals surface area contributed by atoms with Crippen LogP contribution in [0.1, 0.15) is 13.8 Å². The summed E-state index contributed by atoms with van der Waals surface area (Å²) in [6.45, 7) is 4.35. The van der Waals surface area contributed by atoms with E-state index in [1.54, 1.807) is 13.8 Å². The number of sulfone groups is 1. The van der Waals surface area contributed by atoms with Crippen LogP contribution in [0.2, 0.25) is 0 Å². The topological polar surface area (TPSA) is 80.5 Å². The van der Waals surface area contributed by atoms with E-state index in [0.717, 1.165) is 12.1 Å². The zero-order valence-electron chi connectivity index (χ0n) is 10.9. The minimum atomic E-state index is -3.93. The third kappa shape index (κ3) is 3.66. The molecule has 1 rings (SSSR count). The van der Waals surface area contributed by atoms with Gasteiger partial charge in [0.2, 0.25) is 5.91 Å². The second kappa shape index (κ2) is 6.01. The van der Waals surface area contributed by atoms with Gasteiger partial charge in [-0.3, -0.25) is 4.79 Å². The Morgan fingerprint density at radius 2 is 1.89 bits per heavy atom. The zero-order chi connectivity index (χ0) is 14.6. The van der Waals surface area contributed by atoms with Crippen molar-refractivity contribution in [2.24, 2.45) is 0 Å². The molecule has 1 amide bonds. The molecule has 5 nitrogen and oxygen atoms in total. The van der Waals surface area contributed by atoms with Gasteiger partial charge in [0, 0.05) is 13.1 Å². The molecule has 106 valence electrons. The number of nitrogen functional groups attached to an aromatic ring is 1. The Hall–Kier alpha value is -1.63. The van der Waals surface area contributed by atoms with Crippen LogP contribution in [0.25, 0.3) is 0 Å². The van der Waals surface area contributed by atoms with Gasteiger partial charge in [-0.15, -0.1) is 0 Å². The standard InChI is InChI=1S/C12H17FN2O3S/c1-3-15(4-2)12(16)8-19(17,18)11-7-9(13)5-6-10(11)14/h5-7H,3-4,8,14H2,1-2H3. The summed E-state index contributed by atoms with van der Waals surface area (Å²) in [4.78, 5) is 12.9. The molecule has 1 aromatic rings.